The molecule has 0 bridgehead atoms. The first-order valence-corrected chi connectivity index (χ1v) is 0.289. The number of carbonyl (C=O) groups is 1. The van der Waals surface area contributed by atoms with Crippen LogP contribution in [0.25, 0.3) is 0 Å². The molecular weight excluding hydrogens is 184 g/mol. The van der Waals surface area contributed by atoms with E-state index in [1.165, 1.54) is 0 Å². The summed E-state index contributed by atoms with van der Waals surface area (Å²) in [5.41, 5.74) is 0. The Labute approximate surface area is 63.5 Å². The van der Waals surface area contributed by atoms with E-state index in [0.717, 1.165) is 0 Å². The van der Waals surface area contributed by atoms with Crippen LogP contribution in [-0.4, -0.2) is 6.79 Å². The van der Waals surface area contributed by atoms with Gasteiger partial charge in [-0.2, -0.15) is 0 Å². The molecule has 0 rings (SSSR count). The molecule has 0 saturated heterocycles. The smallest absolute Gasteiger partial charge is 0.106 e. The predicted molar refractivity (Wildman–Crippen MR) is 7.12 cm³/mol. The molecule has 0 fully saturated rings. The first-order chi connectivity index (χ1) is 1.00. The van der Waals surface area contributed by atoms with Gasteiger partial charge in [-0.25, -0.2) is 0 Å². The van der Waals surface area contributed by atoms with Gasteiger partial charge in [0.2, 0.25) is 0 Å². The zero-order valence-corrected chi connectivity index (χ0v) is 6.17. The van der Waals surface area contributed by atoms with Crippen molar-refractivity contribution >= 4 is 6.79 Å². The van der Waals surface area contributed by atoms with Gasteiger partial charge in [0.05, 0.1) is 0 Å². The Kier molecular flexibility index (Phi) is 404. The maximum absolute atomic E-state index is 8.00. The second-order valence-electron chi connectivity index (χ2n) is 0. The first-order valence-electron chi connectivity index (χ1n) is 0.289. The van der Waals surface area contributed by atoms with Gasteiger partial charge in [-0.1, -0.05) is 0 Å². The van der Waals surface area contributed by atoms with Gasteiger partial charge in [0.1, 0.15) is 6.79 Å². The van der Waals surface area contributed by atoms with Gasteiger partial charge < -0.3 is 4.79 Å². The van der Waals surface area contributed by atoms with E-state index < -0.39 is 0 Å². The Morgan fingerprint density at radius 2 is 0.800 bits per heavy atom. The molecule has 1 nitrogen and oxygen atoms in total. The quantitative estimate of drug-likeness (QED) is 0.512. The summed E-state index contributed by atoms with van der Waals surface area (Å²) in [6.07, 6.45) is 0. The van der Waals surface area contributed by atoms with Crippen LogP contribution in [0.15, 0.2) is 0 Å². The van der Waals surface area contributed by atoms with E-state index >= 15 is 0 Å². The second-order valence-corrected chi connectivity index (χ2v) is 0. The summed E-state index contributed by atoms with van der Waals surface area (Å²) >= 11 is 0. The van der Waals surface area contributed by atoms with Crippen LogP contribution in [0.1, 0.15) is 0 Å². The Bertz CT molecular complexity index is 6.85. The molecule has 0 saturated carbocycles. The summed E-state index contributed by atoms with van der Waals surface area (Å²) in [7, 11) is 0. The van der Waals surface area contributed by atoms with Crippen LogP contribution >= 0.6 is 0 Å². The number of hydrogen-bond donors (Lipinski definition) is 0. The molecule has 0 aromatic rings. The molecule has 0 atom stereocenters. The zero-order valence-electron chi connectivity index (χ0n) is 2.34. The van der Waals surface area contributed by atoms with Crippen molar-refractivity contribution in [2.24, 2.45) is 0 Å². The molecule has 0 spiro atoms. The molecule has 0 aliphatic rings. The SMILES string of the molecule is C=O.[Cr].[Cr].[Cr]. The van der Waals surface area contributed by atoms with Crippen molar-refractivity contribution in [1.82, 2.24) is 0 Å². The van der Waals surface area contributed by atoms with Gasteiger partial charge in [-0.3, -0.25) is 0 Å². The molecule has 0 aromatic heterocycles. The molecule has 0 amide bonds. The van der Waals surface area contributed by atoms with Crippen LogP contribution in [0.3, 0.4) is 0 Å². The van der Waals surface area contributed by atoms with Crippen molar-refractivity contribution in [2.45, 2.75) is 0 Å². The molecule has 4 heteroatoms. The van der Waals surface area contributed by atoms with E-state index in [-0.39, 0.29) is 52.1 Å². The normalized spacial score (nSPS) is 0.800. The van der Waals surface area contributed by atoms with Crippen molar-refractivity contribution in [1.29, 1.82) is 0 Å². The number of hydrogen-bond acceptors (Lipinski definition) is 1. The van der Waals surface area contributed by atoms with E-state index in [2.05, 4.69) is 0 Å². The number of rotatable bonds is 0. The number of carbonyl (C=O) groups excluding carboxylic acids is 1. The molecule has 5 heavy (non-hydrogen) atoms. The summed E-state index contributed by atoms with van der Waals surface area (Å²) in [5, 5.41) is 0. The van der Waals surface area contributed by atoms with Crippen molar-refractivity contribution in [3.63, 3.8) is 0 Å². The van der Waals surface area contributed by atoms with E-state index in [1.54, 1.807) is 0 Å². The van der Waals surface area contributed by atoms with Gasteiger partial charge in [-0.05, 0) is 0 Å². The third-order valence-corrected chi connectivity index (χ3v) is 0. The molecule has 0 radical (unpaired) electrons. The topological polar surface area (TPSA) is 17.1 Å². The minimum Gasteiger partial charge on any atom is -0.307 e. The van der Waals surface area contributed by atoms with Crippen molar-refractivity contribution in [3.8, 4) is 0 Å². The van der Waals surface area contributed by atoms with Gasteiger partial charge in [0.25, 0.3) is 0 Å². The Balaban J connectivity index is -0.00000000167. The average Bonchev–Trinajstić information content (AvgIpc) is 1.00. The van der Waals surface area contributed by atoms with Crippen LogP contribution in [-0.2, 0) is 56.9 Å². The fraction of sp³-hybridized carbons (Fsp3) is 0. The van der Waals surface area contributed by atoms with E-state index in [1.807, 2.05) is 6.79 Å². The summed E-state index contributed by atoms with van der Waals surface area (Å²) in [4.78, 5) is 8.00. The Hall–Kier alpha value is 1.27. The molecule has 0 heterocycles. The van der Waals surface area contributed by atoms with Crippen molar-refractivity contribution in [2.75, 3.05) is 0 Å². The van der Waals surface area contributed by atoms with Crippen molar-refractivity contribution < 1.29 is 56.9 Å². The minimum atomic E-state index is 0. The maximum atomic E-state index is 8.00. The monoisotopic (exact) mass is 186 g/mol. The summed E-state index contributed by atoms with van der Waals surface area (Å²) in [5.74, 6) is 0. The first kappa shape index (κ1) is 33.8. The minimum absolute atomic E-state index is 0. The Morgan fingerprint density at radius 1 is 0.800 bits per heavy atom. The van der Waals surface area contributed by atoms with Crippen LogP contribution in [0.5, 0.6) is 0 Å². The van der Waals surface area contributed by atoms with Crippen LogP contribution < -0.4 is 0 Å². The zero-order chi connectivity index (χ0) is 2.00. The standard InChI is InChI=1S/CH2O.3Cr/c1-2;;;/h1H2;;;. The van der Waals surface area contributed by atoms with Gasteiger partial charge >= 0.3 is 0 Å². The van der Waals surface area contributed by atoms with E-state index in [9.17, 15) is 0 Å². The molecule has 0 aromatic carbocycles. The third kappa shape index (κ3) is 35.0. The maximum Gasteiger partial charge on any atom is 0.106 e. The molecular formula is CH2Cr3O. The summed E-state index contributed by atoms with van der Waals surface area (Å²) < 4.78 is 0. The molecule has 0 aliphatic heterocycles. The molecule has 0 unspecified atom stereocenters. The fourth-order valence-electron chi connectivity index (χ4n) is 0. The largest absolute Gasteiger partial charge is 0.307 e. The van der Waals surface area contributed by atoms with Crippen molar-refractivity contribution in [3.05, 3.63) is 0 Å². The molecule has 30 valence electrons. The predicted octanol–water partition coefficient (Wildman–Crippen LogP) is -0.192. The van der Waals surface area contributed by atoms with Gasteiger partial charge in [0.15, 0.2) is 0 Å². The molecule has 0 aliphatic carbocycles. The van der Waals surface area contributed by atoms with Crippen LogP contribution in [0.2, 0.25) is 0 Å². The third-order valence-electron chi connectivity index (χ3n) is 0. The summed E-state index contributed by atoms with van der Waals surface area (Å²) in [6.45, 7) is 2.00. The van der Waals surface area contributed by atoms with Crippen LogP contribution in [0, 0.1) is 0 Å². The second kappa shape index (κ2) is 59.7. The average molecular weight is 186 g/mol. The fourth-order valence-corrected chi connectivity index (χ4v) is 0. The Morgan fingerprint density at radius 3 is 0.800 bits per heavy atom. The van der Waals surface area contributed by atoms with E-state index in [0.29, 0.717) is 0 Å². The van der Waals surface area contributed by atoms with Gasteiger partial charge in [0, 0.05) is 52.1 Å². The molecule has 0 N–H and O–H groups in total. The summed E-state index contributed by atoms with van der Waals surface area (Å²) in [6, 6.07) is 0. The van der Waals surface area contributed by atoms with Crippen LogP contribution in [0.4, 0.5) is 0 Å². The van der Waals surface area contributed by atoms with E-state index in [4.69, 9.17) is 4.79 Å². The van der Waals surface area contributed by atoms with Gasteiger partial charge in [-0.15, -0.1) is 0 Å².